The first-order valence-electron chi connectivity index (χ1n) is 13.9. The largest absolute Gasteiger partial charge is 0.393 e. The van der Waals surface area contributed by atoms with Crippen molar-refractivity contribution >= 4 is 0 Å². The van der Waals surface area contributed by atoms with Crippen LogP contribution < -0.4 is 0 Å². The highest BCUT2D eigenvalue weighted by molar-refractivity contribution is 5.10. The van der Waals surface area contributed by atoms with Crippen molar-refractivity contribution in [1.82, 2.24) is 0 Å². The molecule has 0 radical (unpaired) electrons. The van der Waals surface area contributed by atoms with Crippen LogP contribution in [0.4, 0.5) is 0 Å². The lowest BCUT2D eigenvalue weighted by atomic mass is 9.44. The van der Waals surface area contributed by atoms with Gasteiger partial charge in [0, 0.05) is 0 Å². The summed E-state index contributed by atoms with van der Waals surface area (Å²) in [6.45, 7) is 16.8. The van der Waals surface area contributed by atoms with Gasteiger partial charge in [-0.05, 0) is 122 Å². The molecule has 4 rings (SSSR count). The molecular formula is C29H52O2. The summed E-state index contributed by atoms with van der Waals surface area (Å²) in [6.07, 6.45) is 11.3. The van der Waals surface area contributed by atoms with Crippen LogP contribution in [0.25, 0.3) is 0 Å². The first-order valence-corrected chi connectivity index (χ1v) is 13.9. The van der Waals surface area contributed by atoms with E-state index in [1.54, 1.807) is 0 Å². The molecule has 0 aromatic carbocycles. The van der Waals surface area contributed by atoms with Gasteiger partial charge in [-0.3, -0.25) is 0 Å². The van der Waals surface area contributed by atoms with Gasteiger partial charge >= 0.3 is 0 Å². The van der Waals surface area contributed by atoms with E-state index < -0.39 is 0 Å². The van der Waals surface area contributed by atoms with Gasteiger partial charge in [0.25, 0.3) is 0 Å². The second-order valence-electron chi connectivity index (χ2n) is 13.6. The van der Waals surface area contributed by atoms with Crippen molar-refractivity contribution in [1.29, 1.82) is 0 Å². The van der Waals surface area contributed by atoms with E-state index in [4.69, 9.17) is 0 Å². The number of aliphatic hydroxyl groups excluding tert-OH is 2. The molecule has 0 aromatic rings. The van der Waals surface area contributed by atoms with Crippen LogP contribution in [0.1, 0.15) is 106 Å². The Morgan fingerprint density at radius 2 is 1.39 bits per heavy atom. The maximum absolute atomic E-state index is 11.4. The lowest BCUT2D eigenvalue weighted by molar-refractivity contribution is -0.133. The van der Waals surface area contributed by atoms with Gasteiger partial charge in [-0.2, -0.15) is 0 Å². The monoisotopic (exact) mass is 432 g/mol. The zero-order chi connectivity index (χ0) is 22.7. The summed E-state index contributed by atoms with van der Waals surface area (Å²) in [5.74, 6) is 6.00. The Labute approximate surface area is 193 Å². The topological polar surface area (TPSA) is 40.5 Å². The standard InChI is InChI=1S/C29H52O2/c1-17(2)18(3)19(4)27(31)20(5)24-10-11-25-23-9-8-21-16-22(30)12-14-28(21,6)26(23)13-15-29(24,25)7/h17-27,30-31H,8-16H2,1-7H3/t18?,19-,20?,21?,22?,23?,24-,25?,26?,27+,28+,29-/m1/s1. The predicted molar refractivity (Wildman–Crippen MR) is 130 cm³/mol. The maximum Gasteiger partial charge on any atom is 0.0596 e. The lowest BCUT2D eigenvalue weighted by Gasteiger charge is -2.61. The van der Waals surface area contributed by atoms with Gasteiger partial charge in [0.15, 0.2) is 0 Å². The zero-order valence-corrected chi connectivity index (χ0v) is 21.6. The van der Waals surface area contributed by atoms with E-state index in [1.807, 2.05) is 0 Å². The molecule has 31 heavy (non-hydrogen) atoms. The second-order valence-corrected chi connectivity index (χ2v) is 13.6. The van der Waals surface area contributed by atoms with Crippen molar-refractivity contribution in [2.24, 2.45) is 64.1 Å². The van der Waals surface area contributed by atoms with Gasteiger partial charge in [0.1, 0.15) is 0 Å². The van der Waals surface area contributed by atoms with Crippen molar-refractivity contribution in [3.8, 4) is 0 Å². The third-order valence-corrected chi connectivity index (χ3v) is 12.3. The van der Waals surface area contributed by atoms with Crippen molar-refractivity contribution < 1.29 is 10.2 Å². The fourth-order valence-corrected chi connectivity index (χ4v) is 9.77. The van der Waals surface area contributed by atoms with Crippen LogP contribution in [0.2, 0.25) is 0 Å². The number of aliphatic hydroxyl groups is 2. The average Bonchev–Trinajstić information content (AvgIpc) is 3.09. The molecule has 2 heteroatoms. The minimum absolute atomic E-state index is 0.0445. The maximum atomic E-state index is 11.4. The van der Waals surface area contributed by atoms with E-state index in [0.29, 0.717) is 40.4 Å². The molecule has 2 nitrogen and oxygen atoms in total. The van der Waals surface area contributed by atoms with Crippen LogP contribution in [0.5, 0.6) is 0 Å². The number of rotatable bonds is 5. The van der Waals surface area contributed by atoms with Crippen molar-refractivity contribution in [2.75, 3.05) is 0 Å². The van der Waals surface area contributed by atoms with E-state index >= 15 is 0 Å². The van der Waals surface area contributed by atoms with Gasteiger partial charge in [-0.15, -0.1) is 0 Å². The molecule has 4 aliphatic carbocycles. The number of hydrogen-bond donors (Lipinski definition) is 2. The Hall–Kier alpha value is -0.0800. The third kappa shape index (κ3) is 3.84. The van der Waals surface area contributed by atoms with Gasteiger partial charge in [0.2, 0.25) is 0 Å². The Bertz CT molecular complexity index is 630. The molecule has 12 atom stereocenters. The summed E-state index contributed by atoms with van der Waals surface area (Å²) in [5.41, 5.74) is 0.883. The Morgan fingerprint density at radius 3 is 2.06 bits per heavy atom. The fraction of sp³-hybridized carbons (Fsp3) is 1.00. The van der Waals surface area contributed by atoms with Crippen LogP contribution in [-0.2, 0) is 0 Å². The third-order valence-electron chi connectivity index (χ3n) is 12.3. The molecule has 0 bridgehead atoms. The van der Waals surface area contributed by atoms with Crippen molar-refractivity contribution in [3.63, 3.8) is 0 Å². The van der Waals surface area contributed by atoms with Crippen molar-refractivity contribution in [3.05, 3.63) is 0 Å². The van der Waals surface area contributed by atoms with Gasteiger partial charge in [0.05, 0.1) is 12.2 Å². The molecule has 0 saturated heterocycles. The van der Waals surface area contributed by atoms with E-state index in [9.17, 15) is 10.2 Å². The molecule has 0 aromatic heterocycles. The highest BCUT2D eigenvalue weighted by Gasteiger charge is 2.61. The SMILES string of the molecule is CC(C)C(C)[C@@H](C)[C@H](O)C(C)[C@H]1CCC2C3CCC4CC(O)CC[C@]4(C)C3CC[C@@]21C. The smallest absolute Gasteiger partial charge is 0.0596 e. The predicted octanol–water partition coefficient (Wildman–Crippen LogP) is 6.93. The quantitative estimate of drug-likeness (QED) is 0.494. The molecule has 4 saturated carbocycles. The average molecular weight is 433 g/mol. The minimum atomic E-state index is -0.177. The van der Waals surface area contributed by atoms with Gasteiger partial charge < -0.3 is 10.2 Å². The van der Waals surface area contributed by atoms with Crippen LogP contribution in [0.15, 0.2) is 0 Å². The molecule has 4 fully saturated rings. The molecule has 4 aliphatic rings. The van der Waals surface area contributed by atoms with E-state index in [2.05, 4.69) is 48.5 Å². The van der Waals surface area contributed by atoms with Gasteiger partial charge in [-0.25, -0.2) is 0 Å². The lowest BCUT2D eigenvalue weighted by Crippen LogP contribution is -2.54. The summed E-state index contributed by atoms with van der Waals surface area (Å²) < 4.78 is 0. The zero-order valence-electron chi connectivity index (χ0n) is 21.6. The molecular weight excluding hydrogens is 380 g/mol. The van der Waals surface area contributed by atoms with E-state index in [0.717, 1.165) is 36.5 Å². The first kappa shape index (κ1) is 24.1. The first-order chi connectivity index (χ1) is 14.5. The minimum Gasteiger partial charge on any atom is -0.393 e. The Balaban J connectivity index is 1.51. The molecule has 0 amide bonds. The van der Waals surface area contributed by atoms with Crippen LogP contribution in [-0.4, -0.2) is 22.4 Å². The molecule has 0 heterocycles. The molecule has 0 aliphatic heterocycles. The van der Waals surface area contributed by atoms with E-state index in [1.165, 1.54) is 44.9 Å². The second kappa shape index (κ2) is 8.61. The summed E-state index contributed by atoms with van der Waals surface area (Å²) in [7, 11) is 0. The summed E-state index contributed by atoms with van der Waals surface area (Å²) in [6, 6.07) is 0. The fourth-order valence-electron chi connectivity index (χ4n) is 9.77. The van der Waals surface area contributed by atoms with Crippen LogP contribution in [0, 0.1) is 64.1 Å². The van der Waals surface area contributed by atoms with Crippen molar-refractivity contribution in [2.45, 2.75) is 118 Å². The highest BCUT2D eigenvalue weighted by atomic mass is 16.3. The van der Waals surface area contributed by atoms with E-state index in [-0.39, 0.29) is 12.2 Å². The van der Waals surface area contributed by atoms with Crippen LogP contribution >= 0.6 is 0 Å². The Kier molecular flexibility index (Phi) is 6.68. The number of hydrogen-bond acceptors (Lipinski definition) is 2. The normalized spacial score (nSPS) is 49.0. The summed E-state index contributed by atoms with van der Waals surface area (Å²) >= 11 is 0. The molecule has 2 N–H and O–H groups in total. The molecule has 180 valence electrons. The Morgan fingerprint density at radius 1 is 0.742 bits per heavy atom. The number of fused-ring (bicyclic) bond motifs is 5. The van der Waals surface area contributed by atoms with Crippen LogP contribution in [0.3, 0.4) is 0 Å². The molecule has 0 spiro atoms. The summed E-state index contributed by atoms with van der Waals surface area (Å²) in [5, 5.41) is 21.7. The highest BCUT2D eigenvalue weighted by Crippen LogP contribution is 2.68. The molecule has 7 unspecified atom stereocenters. The summed E-state index contributed by atoms with van der Waals surface area (Å²) in [4.78, 5) is 0. The van der Waals surface area contributed by atoms with Gasteiger partial charge in [-0.1, -0.05) is 48.5 Å².